The molecule has 5 aliphatic carbocycles. The number of anilines is 1. The van der Waals surface area contributed by atoms with Crippen LogP contribution in [-0.4, -0.2) is 21.3 Å². The Morgan fingerprint density at radius 1 is 1.07 bits per heavy atom. The number of furan rings is 1. The third-order valence-corrected chi connectivity index (χ3v) is 14.0. The van der Waals surface area contributed by atoms with Crippen LogP contribution in [0.4, 0.5) is 5.82 Å². The molecule has 6 heteroatoms. The molecule has 41 heavy (non-hydrogen) atoms. The molecule has 2 aromatic rings. The van der Waals surface area contributed by atoms with Crippen LogP contribution in [0.1, 0.15) is 110 Å². The maximum atomic E-state index is 12.7. The molecule has 0 spiro atoms. The minimum Gasteiger partial charge on any atom is -0.481 e. The smallest absolute Gasteiger partial charge is 0.306 e. The molecule has 7 rings (SSSR count). The normalized spacial score (nSPS) is 42.4. The Balaban J connectivity index is 1.44. The number of carbonyl (C=O) groups is 1. The summed E-state index contributed by atoms with van der Waals surface area (Å²) < 4.78 is 5.74. The van der Waals surface area contributed by atoms with E-state index in [4.69, 9.17) is 10.2 Å². The number of carboxylic acids is 1. The Labute approximate surface area is 244 Å². The maximum Gasteiger partial charge on any atom is 0.306 e. The number of nitrogens with one attached hydrogen (secondary N) is 1. The van der Waals surface area contributed by atoms with Gasteiger partial charge in [0.25, 0.3) is 0 Å². The van der Waals surface area contributed by atoms with Gasteiger partial charge in [0.2, 0.25) is 0 Å². The number of nitrogens with two attached hydrogens (primary N) is 1. The summed E-state index contributed by atoms with van der Waals surface area (Å²) in [4.78, 5) is 12.7. The van der Waals surface area contributed by atoms with Gasteiger partial charge in [-0.2, -0.15) is 5.10 Å². The second kappa shape index (κ2) is 8.32. The molecule has 0 radical (unpaired) electrons. The number of aliphatic carboxylic acids is 1. The van der Waals surface area contributed by atoms with E-state index in [0.717, 1.165) is 38.5 Å². The monoisotopic (exact) mass is 559 g/mol. The third kappa shape index (κ3) is 3.42. The molecule has 6 nitrogen and oxygen atoms in total. The lowest BCUT2D eigenvalue weighted by atomic mass is 9.33. The fraction of sp³-hybridized carbons (Fsp3) is 0.714. The van der Waals surface area contributed by atoms with Crippen molar-refractivity contribution in [2.45, 2.75) is 105 Å². The number of hydrogen-bond donors (Lipinski definition) is 3. The van der Waals surface area contributed by atoms with Gasteiger partial charge in [0.15, 0.2) is 0 Å². The lowest BCUT2D eigenvalue weighted by Gasteiger charge is -2.70. The Bertz CT molecular complexity index is 1430. The van der Waals surface area contributed by atoms with Gasteiger partial charge in [-0.1, -0.05) is 54.0 Å². The third-order valence-electron chi connectivity index (χ3n) is 14.0. The molecule has 5 aliphatic rings. The Hall–Kier alpha value is -2.50. The van der Waals surface area contributed by atoms with E-state index in [9.17, 15) is 9.90 Å². The van der Waals surface area contributed by atoms with E-state index in [1.165, 1.54) is 35.2 Å². The fourth-order valence-corrected chi connectivity index (χ4v) is 12.1. The molecule has 7 unspecified atom stereocenters. The highest BCUT2D eigenvalue weighted by Crippen LogP contribution is 2.76. The Kier molecular flexibility index (Phi) is 5.55. The SMILES string of the molecule is CC1(C)CC2C3=C(c4ccoc4)CC4C5(C)Cc6c(N)n[nH]c6C(C)(C)C5CCC4(C)C3(C)CCC2[C@H](C(=O)O)C1. The van der Waals surface area contributed by atoms with Crippen LogP contribution in [0.25, 0.3) is 5.57 Å². The number of rotatable bonds is 2. The highest BCUT2D eigenvalue weighted by Gasteiger charge is 2.68. The number of nitrogen functional groups attached to an aromatic ring is 1. The molecule has 0 aromatic carbocycles. The zero-order valence-electron chi connectivity index (χ0n) is 26.1. The highest BCUT2D eigenvalue weighted by atomic mass is 16.4. The van der Waals surface area contributed by atoms with Crippen molar-refractivity contribution in [3.8, 4) is 0 Å². The van der Waals surface area contributed by atoms with Crippen LogP contribution >= 0.6 is 0 Å². The fourth-order valence-electron chi connectivity index (χ4n) is 12.1. The van der Waals surface area contributed by atoms with Crippen molar-refractivity contribution in [3.05, 3.63) is 41.0 Å². The molecule has 0 saturated heterocycles. The zero-order valence-corrected chi connectivity index (χ0v) is 26.1. The standard InChI is InChI=1S/C35H49N3O3/c1-31(2)15-22-20(23(16-31)30(39)40)8-11-35(7)27(22)21(19-10-13-41-18-19)14-26-33(5)17-24-28(37-38-29(24)36)32(3,4)25(33)9-12-34(26,35)6/h10,13,18,20,22-23,25-26H,8-9,11-12,14-17H2,1-7H3,(H,39,40)(H3,36,37,38)/t20?,22?,23-,25?,26?,33?,34?,35?/m1/s1. The first-order valence-corrected chi connectivity index (χ1v) is 16.0. The van der Waals surface area contributed by atoms with Crippen LogP contribution in [-0.2, 0) is 16.6 Å². The van der Waals surface area contributed by atoms with Gasteiger partial charge in [-0.25, -0.2) is 0 Å². The molecule has 0 amide bonds. The summed E-state index contributed by atoms with van der Waals surface area (Å²) in [7, 11) is 0. The number of fused-ring (bicyclic) bond motifs is 8. The number of H-pyrrole nitrogens is 1. The van der Waals surface area contributed by atoms with Gasteiger partial charge in [0.05, 0.1) is 18.4 Å². The summed E-state index contributed by atoms with van der Waals surface area (Å²) in [6.45, 7) is 17.1. The largest absolute Gasteiger partial charge is 0.481 e. The van der Waals surface area contributed by atoms with Crippen LogP contribution in [0.2, 0.25) is 0 Å². The van der Waals surface area contributed by atoms with Gasteiger partial charge < -0.3 is 15.3 Å². The van der Waals surface area contributed by atoms with Crippen LogP contribution in [0, 0.1) is 51.2 Å². The van der Waals surface area contributed by atoms with E-state index in [2.05, 4.69) is 64.7 Å². The molecule has 0 bridgehead atoms. The molecule has 0 aliphatic heterocycles. The first kappa shape index (κ1) is 27.3. The van der Waals surface area contributed by atoms with Crippen molar-refractivity contribution in [1.29, 1.82) is 0 Å². The summed E-state index contributed by atoms with van der Waals surface area (Å²) in [5, 5.41) is 18.2. The molecular weight excluding hydrogens is 510 g/mol. The topological polar surface area (TPSA) is 105 Å². The van der Waals surface area contributed by atoms with Gasteiger partial charge in [0, 0.05) is 22.2 Å². The van der Waals surface area contributed by atoms with Gasteiger partial charge in [-0.15, -0.1) is 0 Å². The summed E-state index contributed by atoms with van der Waals surface area (Å²) in [6.07, 6.45) is 12.0. The van der Waals surface area contributed by atoms with Crippen molar-refractivity contribution in [2.24, 2.45) is 51.2 Å². The minimum absolute atomic E-state index is 0.000497. The van der Waals surface area contributed by atoms with Crippen molar-refractivity contribution in [1.82, 2.24) is 10.2 Å². The van der Waals surface area contributed by atoms with Crippen molar-refractivity contribution in [3.63, 3.8) is 0 Å². The summed E-state index contributed by atoms with van der Waals surface area (Å²) in [5.41, 5.74) is 13.4. The van der Waals surface area contributed by atoms with E-state index in [-0.39, 0.29) is 38.9 Å². The van der Waals surface area contributed by atoms with Crippen LogP contribution in [0.5, 0.6) is 0 Å². The van der Waals surface area contributed by atoms with Gasteiger partial charge in [-0.05, 0) is 108 Å². The number of carboxylic acid groups (broad SMARTS) is 1. The number of aromatic nitrogens is 2. The second-order valence-corrected chi connectivity index (χ2v) is 16.7. The van der Waals surface area contributed by atoms with Crippen molar-refractivity contribution in [2.75, 3.05) is 5.73 Å². The van der Waals surface area contributed by atoms with Crippen LogP contribution in [0.3, 0.4) is 0 Å². The molecule has 8 atom stereocenters. The van der Waals surface area contributed by atoms with Crippen LogP contribution < -0.4 is 5.73 Å². The molecule has 3 saturated carbocycles. The Morgan fingerprint density at radius 2 is 1.83 bits per heavy atom. The average Bonchev–Trinajstić information content (AvgIpc) is 3.54. The average molecular weight is 560 g/mol. The molecule has 222 valence electrons. The molecule has 4 N–H and O–H groups in total. The predicted octanol–water partition coefficient (Wildman–Crippen LogP) is 7.87. The van der Waals surface area contributed by atoms with Gasteiger partial charge in [0.1, 0.15) is 5.82 Å². The second-order valence-electron chi connectivity index (χ2n) is 16.7. The first-order valence-electron chi connectivity index (χ1n) is 16.0. The van der Waals surface area contributed by atoms with E-state index in [0.29, 0.717) is 23.6 Å². The van der Waals surface area contributed by atoms with Gasteiger partial charge in [-0.3, -0.25) is 9.89 Å². The molecular formula is C35H49N3O3. The number of nitrogens with zero attached hydrogens (tertiary/aromatic N) is 1. The zero-order chi connectivity index (χ0) is 29.3. The Morgan fingerprint density at radius 3 is 2.51 bits per heavy atom. The predicted molar refractivity (Wildman–Crippen MR) is 161 cm³/mol. The van der Waals surface area contributed by atoms with E-state index >= 15 is 0 Å². The first-order chi connectivity index (χ1) is 19.1. The van der Waals surface area contributed by atoms with Crippen molar-refractivity contribution < 1.29 is 14.3 Å². The van der Waals surface area contributed by atoms with Crippen LogP contribution in [0.15, 0.2) is 28.6 Å². The quantitative estimate of drug-likeness (QED) is 0.347. The summed E-state index contributed by atoms with van der Waals surface area (Å²) in [6, 6.07) is 2.15. The van der Waals surface area contributed by atoms with Crippen molar-refractivity contribution >= 4 is 17.4 Å². The lowest BCUT2D eigenvalue weighted by molar-refractivity contribution is -0.161. The van der Waals surface area contributed by atoms with Gasteiger partial charge >= 0.3 is 5.97 Å². The maximum absolute atomic E-state index is 12.7. The molecule has 2 heterocycles. The summed E-state index contributed by atoms with van der Waals surface area (Å²) >= 11 is 0. The molecule has 3 fully saturated rings. The lowest BCUT2D eigenvalue weighted by Crippen LogP contribution is -2.64. The van der Waals surface area contributed by atoms with E-state index in [1.807, 2.05) is 12.5 Å². The number of hydrogen-bond acceptors (Lipinski definition) is 4. The van der Waals surface area contributed by atoms with E-state index in [1.54, 1.807) is 5.57 Å². The summed E-state index contributed by atoms with van der Waals surface area (Å²) in [5.74, 6) is 1.29. The number of aromatic amines is 1. The number of allylic oxidation sites excluding steroid dienone is 2. The highest BCUT2D eigenvalue weighted by molar-refractivity contribution is 5.74. The van der Waals surface area contributed by atoms with E-state index < -0.39 is 5.97 Å². The minimum atomic E-state index is -0.604. The molecule has 2 aromatic heterocycles.